The van der Waals surface area contributed by atoms with Crippen LogP contribution >= 0.6 is 15.9 Å². The Morgan fingerprint density at radius 2 is 2.19 bits per heavy atom. The molecule has 2 nitrogen and oxygen atoms in total. The maximum Gasteiger partial charge on any atom is 0.0318 e. The van der Waals surface area contributed by atoms with Gasteiger partial charge in [-0.3, -0.25) is 0 Å². The molecule has 16 heavy (non-hydrogen) atoms. The normalized spacial score (nSPS) is 16.1. The van der Waals surface area contributed by atoms with Crippen LogP contribution in [0.3, 0.4) is 0 Å². The van der Waals surface area contributed by atoms with Crippen LogP contribution in [0.25, 0.3) is 0 Å². The lowest BCUT2D eigenvalue weighted by Crippen LogP contribution is -2.21. The summed E-state index contributed by atoms with van der Waals surface area (Å²) in [6.45, 7) is 2.02. The lowest BCUT2D eigenvalue weighted by Gasteiger charge is -2.25. The van der Waals surface area contributed by atoms with Gasteiger partial charge in [0.15, 0.2) is 0 Å². The first-order valence-electron chi connectivity index (χ1n) is 6.00. The first-order chi connectivity index (χ1) is 7.75. The van der Waals surface area contributed by atoms with Crippen LogP contribution in [0.15, 0.2) is 22.7 Å². The maximum atomic E-state index is 5.76. The fourth-order valence-corrected chi connectivity index (χ4v) is 2.43. The van der Waals surface area contributed by atoms with Crippen molar-refractivity contribution < 1.29 is 0 Å². The second-order valence-corrected chi connectivity index (χ2v) is 5.47. The Morgan fingerprint density at radius 1 is 1.38 bits per heavy atom. The van der Waals surface area contributed by atoms with Crippen molar-refractivity contribution in [2.45, 2.75) is 32.2 Å². The molecule has 1 aromatic rings. The topological polar surface area (TPSA) is 38.0 Å². The van der Waals surface area contributed by atoms with E-state index < -0.39 is 0 Å². The quantitative estimate of drug-likeness (QED) is 0.642. The molecule has 0 bridgehead atoms. The molecule has 1 aliphatic rings. The molecule has 1 aromatic carbocycles. The molecule has 0 atom stereocenters. The van der Waals surface area contributed by atoms with Gasteiger partial charge in [-0.05, 0) is 42.6 Å². The maximum absolute atomic E-state index is 5.76. The molecule has 0 heterocycles. The molecule has 88 valence electrons. The zero-order valence-corrected chi connectivity index (χ0v) is 11.1. The Kier molecular flexibility index (Phi) is 4.24. The van der Waals surface area contributed by atoms with Gasteiger partial charge in [-0.15, -0.1) is 0 Å². The highest BCUT2D eigenvalue weighted by Gasteiger charge is 2.16. The first-order valence-corrected chi connectivity index (χ1v) is 6.79. The number of hydrogen-bond acceptors (Lipinski definition) is 2. The van der Waals surface area contributed by atoms with E-state index in [0.29, 0.717) is 0 Å². The van der Waals surface area contributed by atoms with Crippen molar-refractivity contribution in [3.8, 4) is 0 Å². The van der Waals surface area contributed by atoms with Crippen LogP contribution in [0, 0.1) is 5.92 Å². The molecule has 0 radical (unpaired) electrons. The van der Waals surface area contributed by atoms with Gasteiger partial charge < -0.3 is 11.1 Å². The van der Waals surface area contributed by atoms with Gasteiger partial charge in [-0.2, -0.15) is 0 Å². The predicted molar refractivity (Wildman–Crippen MR) is 72.2 cm³/mol. The number of nitrogens with one attached hydrogen (secondary N) is 1. The number of anilines is 1. The van der Waals surface area contributed by atoms with Gasteiger partial charge in [0, 0.05) is 16.7 Å². The number of rotatable bonds is 5. The van der Waals surface area contributed by atoms with E-state index >= 15 is 0 Å². The van der Waals surface area contributed by atoms with E-state index in [-0.39, 0.29) is 0 Å². The largest absolute Gasteiger partial charge is 0.399 e. The van der Waals surface area contributed by atoms with Crippen LogP contribution < -0.4 is 11.1 Å². The summed E-state index contributed by atoms with van der Waals surface area (Å²) in [5.41, 5.74) is 7.84. The molecule has 0 amide bonds. The van der Waals surface area contributed by atoms with E-state index in [0.717, 1.165) is 29.2 Å². The molecule has 0 unspecified atom stereocenters. The molecular formula is C13H19BrN2. The Bertz CT molecular complexity index is 348. The van der Waals surface area contributed by atoms with Crippen LogP contribution in [0.5, 0.6) is 0 Å². The lowest BCUT2D eigenvalue weighted by molar-refractivity contribution is 0.292. The van der Waals surface area contributed by atoms with Crippen molar-refractivity contribution >= 4 is 21.6 Å². The van der Waals surface area contributed by atoms with Crippen LogP contribution in [0.1, 0.15) is 31.2 Å². The average Bonchev–Trinajstić information content (AvgIpc) is 2.20. The molecule has 0 saturated heterocycles. The lowest BCUT2D eigenvalue weighted by atomic mass is 9.83. The van der Waals surface area contributed by atoms with Crippen LogP contribution in [0.2, 0.25) is 0 Å². The fraction of sp³-hybridized carbons (Fsp3) is 0.538. The van der Waals surface area contributed by atoms with E-state index in [9.17, 15) is 0 Å². The van der Waals surface area contributed by atoms with E-state index in [1.807, 2.05) is 18.2 Å². The second kappa shape index (κ2) is 5.69. The summed E-state index contributed by atoms with van der Waals surface area (Å²) in [6.07, 6.45) is 5.62. The molecule has 1 fully saturated rings. The monoisotopic (exact) mass is 282 g/mol. The third kappa shape index (κ3) is 3.22. The van der Waals surface area contributed by atoms with E-state index in [4.69, 9.17) is 5.73 Å². The molecule has 3 heteroatoms. The molecular weight excluding hydrogens is 264 g/mol. The standard InChI is InChI=1S/C13H19BrN2/c14-13-5-4-12(15)8-11(13)9-16-7-6-10-2-1-3-10/h4-5,8,10,16H,1-3,6-7,9,15H2. The number of nitrogens with two attached hydrogens (primary N) is 1. The van der Waals surface area contributed by atoms with Gasteiger partial charge in [-0.25, -0.2) is 0 Å². The zero-order valence-electron chi connectivity index (χ0n) is 9.51. The smallest absolute Gasteiger partial charge is 0.0318 e. The summed E-state index contributed by atoms with van der Waals surface area (Å²) in [7, 11) is 0. The molecule has 1 aliphatic carbocycles. The minimum atomic E-state index is 0.832. The summed E-state index contributed by atoms with van der Waals surface area (Å²) >= 11 is 3.54. The summed E-state index contributed by atoms with van der Waals surface area (Å²) < 4.78 is 1.14. The van der Waals surface area contributed by atoms with E-state index in [1.165, 1.54) is 31.2 Å². The van der Waals surface area contributed by atoms with Crippen LogP contribution in [-0.2, 0) is 6.54 Å². The third-order valence-electron chi connectivity index (χ3n) is 3.34. The van der Waals surface area contributed by atoms with Gasteiger partial charge in [-0.1, -0.05) is 35.2 Å². The number of nitrogen functional groups attached to an aromatic ring is 1. The summed E-state index contributed by atoms with van der Waals surface area (Å²) in [5.74, 6) is 0.983. The molecule has 3 N–H and O–H groups in total. The second-order valence-electron chi connectivity index (χ2n) is 4.61. The average molecular weight is 283 g/mol. The van der Waals surface area contributed by atoms with Crippen molar-refractivity contribution in [2.24, 2.45) is 5.92 Å². The first kappa shape index (κ1) is 11.9. The van der Waals surface area contributed by atoms with Gasteiger partial charge in [0.05, 0.1) is 0 Å². The van der Waals surface area contributed by atoms with Crippen LogP contribution in [-0.4, -0.2) is 6.54 Å². The van der Waals surface area contributed by atoms with Gasteiger partial charge in [0.25, 0.3) is 0 Å². The summed E-state index contributed by atoms with van der Waals surface area (Å²) in [4.78, 5) is 0. The highest BCUT2D eigenvalue weighted by molar-refractivity contribution is 9.10. The highest BCUT2D eigenvalue weighted by Crippen LogP contribution is 2.28. The molecule has 2 rings (SSSR count). The molecule has 1 saturated carbocycles. The van der Waals surface area contributed by atoms with Crippen molar-refractivity contribution in [3.63, 3.8) is 0 Å². The Hall–Kier alpha value is -0.540. The zero-order chi connectivity index (χ0) is 11.4. The minimum Gasteiger partial charge on any atom is -0.399 e. The Labute approximate surface area is 106 Å². The van der Waals surface area contributed by atoms with Gasteiger partial charge >= 0.3 is 0 Å². The fourth-order valence-electron chi connectivity index (χ4n) is 2.04. The van der Waals surface area contributed by atoms with E-state index in [1.54, 1.807) is 0 Å². The third-order valence-corrected chi connectivity index (χ3v) is 4.11. The number of hydrogen-bond donors (Lipinski definition) is 2. The van der Waals surface area contributed by atoms with Crippen LogP contribution in [0.4, 0.5) is 5.69 Å². The Morgan fingerprint density at radius 3 is 2.88 bits per heavy atom. The van der Waals surface area contributed by atoms with E-state index in [2.05, 4.69) is 21.2 Å². The predicted octanol–water partition coefficient (Wildman–Crippen LogP) is 3.31. The Balaban J connectivity index is 1.73. The highest BCUT2D eigenvalue weighted by atomic mass is 79.9. The number of halogens is 1. The molecule has 0 aromatic heterocycles. The molecule has 0 spiro atoms. The van der Waals surface area contributed by atoms with Gasteiger partial charge in [0.1, 0.15) is 0 Å². The minimum absolute atomic E-state index is 0.832. The van der Waals surface area contributed by atoms with Crippen molar-refractivity contribution in [3.05, 3.63) is 28.2 Å². The van der Waals surface area contributed by atoms with Crippen molar-refractivity contribution in [1.82, 2.24) is 5.32 Å². The number of benzene rings is 1. The van der Waals surface area contributed by atoms with Crippen molar-refractivity contribution in [1.29, 1.82) is 0 Å². The van der Waals surface area contributed by atoms with Crippen molar-refractivity contribution in [2.75, 3.05) is 12.3 Å². The SMILES string of the molecule is Nc1ccc(Br)c(CNCCC2CCC2)c1. The molecule has 0 aliphatic heterocycles. The summed E-state index contributed by atoms with van der Waals surface area (Å²) in [5, 5.41) is 3.48. The summed E-state index contributed by atoms with van der Waals surface area (Å²) in [6, 6.07) is 5.96. The van der Waals surface area contributed by atoms with Gasteiger partial charge in [0.2, 0.25) is 0 Å².